The molecule has 2 N–H and O–H groups in total. The number of nitrogens with zero attached hydrogens (tertiary/aromatic N) is 1. The molecule has 3 aromatic carbocycles. The molecule has 6 heteroatoms. The zero-order valence-electron chi connectivity index (χ0n) is 14.4. The summed E-state index contributed by atoms with van der Waals surface area (Å²) in [5.74, 6) is 1.20. The summed E-state index contributed by atoms with van der Waals surface area (Å²) in [6.07, 6.45) is 1.57. The number of benzene rings is 3. The first-order valence-electron chi connectivity index (χ1n) is 8.33. The smallest absolute Gasteiger partial charge is 0.259 e. The number of amides is 1. The summed E-state index contributed by atoms with van der Waals surface area (Å²) in [5, 5.41) is 7.61. The van der Waals surface area contributed by atoms with E-state index in [1.54, 1.807) is 30.5 Å². The van der Waals surface area contributed by atoms with E-state index < -0.39 is 0 Å². The lowest BCUT2D eigenvalue weighted by atomic mass is 10.2. The van der Waals surface area contributed by atoms with Crippen LogP contribution in [0.1, 0.15) is 5.56 Å². The highest BCUT2D eigenvalue weighted by Gasteiger charge is 2.00. The summed E-state index contributed by atoms with van der Waals surface area (Å²) >= 11 is 5.82. The van der Waals surface area contributed by atoms with Crippen LogP contribution in [0.2, 0.25) is 5.02 Å². The summed E-state index contributed by atoms with van der Waals surface area (Å²) in [6, 6.07) is 24.1. The fraction of sp³-hybridized carbons (Fsp3) is 0.0476. The third kappa shape index (κ3) is 6.17. The number of nitrogens with one attached hydrogen (secondary N) is 2. The van der Waals surface area contributed by atoms with Gasteiger partial charge in [0.1, 0.15) is 11.5 Å². The second-order valence-corrected chi connectivity index (χ2v) is 6.08. The molecule has 0 unspecified atom stereocenters. The third-order valence-corrected chi connectivity index (χ3v) is 3.79. The van der Waals surface area contributed by atoms with Crippen LogP contribution in [0, 0.1) is 0 Å². The number of hydrogen-bond acceptors (Lipinski definition) is 4. The number of carbonyl (C=O) groups is 1. The number of halogens is 1. The van der Waals surface area contributed by atoms with Crippen LogP contribution in [-0.4, -0.2) is 18.7 Å². The number of carbonyl (C=O) groups excluding carboxylic acids is 1. The van der Waals surface area contributed by atoms with Gasteiger partial charge in [-0.15, -0.1) is 0 Å². The van der Waals surface area contributed by atoms with E-state index in [4.69, 9.17) is 16.3 Å². The van der Waals surface area contributed by atoms with Crippen LogP contribution >= 0.6 is 11.6 Å². The van der Waals surface area contributed by atoms with Crippen molar-refractivity contribution in [3.8, 4) is 11.5 Å². The van der Waals surface area contributed by atoms with Crippen molar-refractivity contribution in [2.75, 3.05) is 11.9 Å². The summed E-state index contributed by atoms with van der Waals surface area (Å²) in [5.41, 5.74) is 4.11. The van der Waals surface area contributed by atoms with Crippen LogP contribution in [0.25, 0.3) is 0 Å². The zero-order chi connectivity index (χ0) is 18.9. The first kappa shape index (κ1) is 18.5. The SMILES string of the molecule is O=C(CNc1ccc(Cl)cc1)NN=Cc1cccc(Oc2ccccc2)c1. The minimum atomic E-state index is -0.252. The van der Waals surface area contributed by atoms with E-state index in [2.05, 4.69) is 15.8 Å². The maximum atomic E-state index is 11.8. The Morgan fingerprint density at radius 2 is 1.70 bits per heavy atom. The predicted molar refractivity (Wildman–Crippen MR) is 109 cm³/mol. The molecule has 0 atom stereocenters. The van der Waals surface area contributed by atoms with Gasteiger partial charge in [0.15, 0.2) is 0 Å². The van der Waals surface area contributed by atoms with Crippen LogP contribution in [0.3, 0.4) is 0 Å². The molecule has 0 radical (unpaired) electrons. The largest absolute Gasteiger partial charge is 0.457 e. The fourth-order valence-corrected chi connectivity index (χ4v) is 2.38. The van der Waals surface area contributed by atoms with E-state index in [0.717, 1.165) is 17.0 Å². The molecule has 3 aromatic rings. The quantitative estimate of drug-likeness (QED) is 0.462. The van der Waals surface area contributed by atoms with Gasteiger partial charge >= 0.3 is 0 Å². The molecule has 0 bridgehead atoms. The lowest BCUT2D eigenvalue weighted by Crippen LogP contribution is -2.25. The third-order valence-electron chi connectivity index (χ3n) is 3.54. The molecular formula is C21H18ClN3O2. The highest BCUT2D eigenvalue weighted by Crippen LogP contribution is 2.21. The molecule has 3 rings (SSSR count). The van der Waals surface area contributed by atoms with Crippen molar-refractivity contribution >= 4 is 29.4 Å². The van der Waals surface area contributed by atoms with Gasteiger partial charge in [0.25, 0.3) is 5.91 Å². The highest BCUT2D eigenvalue weighted by molar-refractivity contribution is 6.30. The van der Waals surface area contributed by atoms with Crippen LogP contribution in [0.15, 0.2) is 84.0 Å². The molecule has 0 aliphatic heterocycles. The lowest BCUT2D eigenvalue weighted by Gasteiger charge is -2.06. The van der Waals surface area contributed by atoms with E-state index in [0.29, 0.717) is 10.8 Å². The van der Waals surface area contributed by atoms with Gasteiger partial charge in [-0.05, 0) is 54.1 Å². The van der Waals surface area contributed by atoms with Gasteiger partial charge in [-0.25, -0.2) is 5.43 Å². The topological polar surface area (TPSA) is 62.7 Å². The molecule has 0 heterocycles. The van der Waals surface area contributed by atoms with Gasteiger partial charge in [-0.3, -0.25) is 4.79 Å². The number of anilines is 1. The molecule has 1 amide bonds. The standard InChI is InChI=1S/C21H18ClN3O2/c22-17-9-11-18(12-10-17)23-15-21(26)25-24-14-16-5-4-8-20(13-16)27-19-6-2-1-3-7-19/h1-14,23H,15H2,(H,25,26). The average Bonchev–Trinajstić information content (AvgIpc) is 2.69. The monoisotopic (exact) mass is 379 g/mol. The molecule has 0 aromatic heterocycles. The normalized spacial score (nSPS) is 10.6. The first-order chi connectivity index (χ1) is 13.2. The number of para-hydroxylation sites is 1. The molecule has 0 aliphatic rings. The molecule has 5 nitrogen and oxygen atoms in total. The summed E-state index contributed by atoms with van der Waals surface area (Å²) in [6.45, 7) is 0.107. The summed E-state index contributed by atoms with van der Waals surface area (Å²) in [4.78, 5) is 11.8. The van der Waals surface area contributed by atoms with Crippen LogP contribution in [0.4, 0.5) is 5.69 Å². The van der Waals surface area contributed by atoms with E-state index in [-0.39, 0.29) is 12.5 Å². The molecule has 0 saturated carbocycles. The second-order valence-electron chi connectivity index (χ2n) is 5.64. The molecule has 27 heavy (non-hydrogen) atoms. The van der Waals surface area contributed by atoms with Crippen molar-refractivity contribution in [3.05, 3.63) is 89.4 Å². The minimum Gasteiger partial charge on any atom is -0.457 e. The average molecular weight is 380 g/mol. The van der Waals surface area contributed by atoms with Gasteiger partial charge in [0.2, 0.25) is 0 Å². The van der Waals surface area contributed by atoms with Crippen molar-refractivity contribution in [1.29, 1.82) is 0 Å². The van der Waals surface area contributed by atoms with Crippen LogP contribution in [0.5, 0.6) is 11.5 Å². The first-order valence-corrected chi connectivity index (χ1v) is 8.71. The lowest BCUT2D eigenvalue weighted by molar-refractivity contribution is -0.119. The van der Waals surface area contributed by atoms with E-state index in [1.165, 1.54) is 0 Å². The summed E-state index contributed by atoms with van der Waals surface area (Å²) in [7, 11) is 0. The van der Waals surface area contributed by atoms with Crippen molar-refractivity contribution < 1.29 is 9.53 Å². The Kier molecular flexibility index (Phi) is 6.44. The number of hydrazone groups is 1. The van der Waals surface area contributed by atoms with Crippen LogP contribution < -0.4 is 15.5 Å². The molecule has 0 aliphatic carbocycles. The van der Waals surface area contributed by atoms with Gasteiger partial charge < -0.3 is 10.1 Å². The maximum Gasteiger partial charge on any atom is 0.259 e. The van der Waals surface area contributed by atoms with Crippen molar-refractivity contribution in [1.82, 2.24) is 5.43 Å². The van der Waals surface area contributed by atoms with Crippen molar-refractivity contribution in [2.45, 2.75) is 0 Å². The predicted octanol–water partition coefficient (Wildman–Crippen LogP) is 4.69. The number of ether oxygens (including phenoxy) is 1. The maximum absolute atomic E-state index is 11.8. The van der Waals surface area contributed by atoms with Crippen LogP contribution in [-0.2, 0) is 4.79 Å². The Morgan fingerprint density at radius 3 is 2.48 bits per heavy atom. The molecule has 136 valence electrons. The Labute approximate surface area is 162 Å². The Morgan fingerprint density at radius 1 is 0.963 bits per heavy atom. The fourth-order valence-electron chi connectivity index (χ4n) is 2.25. The minimum absolute atomic E-state index is 0.107. The van der Waals surface area contributed by atoms with Crippen molar-refractivity contribution in [3.63, 3.8) is 0 Å². The molecule has 0 fully saturated rings. The van der Waals surface area contributed by atoms with E-state index >= 15 is 0 Å². The van der Waals surface area contributed by atoms with Crippen molar-refractivity contribution in [2.24, 2.45) is 5.10 Å². The van der Waals surface area contributed by atoms with E-state index in [9.17, 15) is 4.79 Å². The molecule has 0 saturated heterocycles. The Bertz CT molecular complexity index is 912. The number of hydrogen-bond donors (Lipinski definition) is 2. The number of rotatable bonds is 7. The summed E-state index contributed by atoms with van der Waals surface area (Å²) < 4.78 is 5.77. The van der Waals surface area contributed by atoms with Gasteiger partial charge in [0.05, 0.1) is 12.8 Å². The highest BCUT2D eigenvalue weighted by atomic mass is 35.5. The Hall–Kier alpha value is -3.31. The van der Waals surface area contributed by atoms with Gasteiger partial charge in [0, 0.05) is 10.7 Å². The zero-order valence-corrected chi connectivity index (χ0v) is 15.2. The van der Waals surface area contributed by atoms with Gasteiger partial charge in [-0.2, -0.15) is 5.10 Å². The molecular weight excluding hydrogens is 362 g/mol. The Balaban J connectivity index is 1.49. The second kappa shape index (κ2) is 9.40. The molecule has 0 spiro atoms. The van der Waals surface area contributed by atoms with Gasteiger partial charge in [-0.1, -0.05) is 41.9 Å². The van der Waals surface area contributed by atoms with E-state index in [1.807, 2.05) is 54.6 Å².